The van der Waals surface area contributed by atoms with Crippen LogP contribution in [0.25, 0.3) is 16.7 Å². The summed E-state index contributed by atoms with van der Waals surface area (Å²) in [5.41, 5.74) is 6.47. The summed E-state index contributed by atoms with van der Waals surface area (Å²) in [4.78, 5) is 19.4. The first-order chi connectivity index (χ1) is 17.1. The molecule has 35 heavy (non-hydrogen) atoms. The molecule has 3 aromatic rings. The maximum absolute atomic E-state index is 14.0. The van der Waals surface area contributed by atoms with Gasteiger partial charge in [0.2, 0.25) is 5.88 Å². The van der Waals surface area contributed by atoms with Crippen LogP contribution >= 0.6 is 0 Å². The van der Waals surface area contributed by atoms with Crippen molar-refractivity contribution in [3.8, 4) is 17.0 Å². The van der Waals surface area contributed by atoms with Gasteiger partial charge in [-0.25, -0.2) is 14.2 Å². The second-order valence-electron chi connectivity index (χ2n) is 9.47. The van der Waals surface area contributed by atoms with Crippen LogP contribution in [0.3, 0.4) is 0 Å². The molecule has 1 fully saturated rings. The quantitative estimate of drug-likeness (QED) is 0.456. The van der Waals surface area contributed by atoms with Crippen molar-refractivity contribution in [2.24, 2.45) is 0 Å². The first-order valence-corrected chi connectivity index (χ1v) is 12.2. The molecule has 0 radical (unpaired) electrons. The number of ether oxygens (including phenoxy) is 2. The number of aromatic nitrogens is 1. The first-order valence-electron chi connectivity index (χ1n) is 12.2. The average molecular weight is 471 g/mol. The molecule has 5 nitrogen and oxygen atoms in total. The molecule has 3 aliphatic rings. The minimum absolute atomic E-state index is 0.0115. The fourth-order valence-electron chi connectivity index (χ4n) is 6.00. The van der Waals surface area contributed by atoms with Gasteiger partial charge in [0.1, 0.15) is 12.4 Å². The van der Waals surface area contributed by atoms with Gasteiger partial charge in [-0.15, -0.1) is 0 Å². The number of methoxy groups -OCH3 is 1. The van der Waals surface area contributed by atoms with Gasteiger partial charge in [0.15, 0.2) is 0 Å². The first kappa shape index (κ1) is 21.8. The van der Waals surface area contributed by atoms with E-state index in [0.29, 0.717) is 24.5 Å². The minimum Gasteiger partial charge on any atom is -0.481 e. The van der Waals surface area contributed by atoms with Crippen molar-refractivity contribution in [3.63, 3.8) is 0 Å². The molecule has 2 aromatic carbocycles. The zero-order chi connectivity index (χ0) is 23.9. The number of fused-ring (bicyclic) bond motifs is 5. The minimum atomic E-state index is -0.397. The molecule has 1 saturated heterocycles. The molecule has 2 aliphatic heterocycles. The standard InChI is InChI=1S/C29H27FN2O3/c1-34-28-26(15-19(30)16-31-28)18-13-20-7-6-8-21(14-18)32(20)29(33)35-17-27-24-11-4-2-9-22(24)23-10-3-5-12-25(23)27/h2-5,9-13,15-16,20-21,27H,6-8,14,17H2,1H3. The van der Waals surface area contributed by atoms with Gasteiger partial charge in [0, 0.05) is 17.5 Å². The summed E-state index contributed by atoms with van der Waals surface area (Å²) in [6.45, 7) is 0.307. The topological polar surface area (TPSA) is 51.7 Å². The zero-order valence-electron chi connectivity index (χ0n) is 19.6. The van der Waals surface area contributed by atoms with Crippen LogP contribution in [0.15, 0.2) is 66.9 Å². The second kappa shape index (κ2) is 8.84. The molecular weight excluding hydrogens is 443 g/mol. The van der Waals surface area contributed by atoms with Crippen LogP contribution < -0.4 is 4.74 Å². The van der Waals surface area contributed by atoms with E-state index >= 15 is 0 Å². The largest absolute Gasteiger partial charge is 0.481 e. The van der Waals surface area contributed by atoms with E-state index in [1.807, 2.05) is 29.2 Å². The summed E-state index contributed by atoms with van der Waals surface area (Å²) < 4.78 is 25.3. The second-order valence-corrected chi connectivity index (χ2v) is 9.47. The smallest absolute Gasteiger partial charge is 0.410 e. The highest BCUT2D eigenvalue weighted by Gasteiger charge is 2.39. The Morgan fingerprint density at radius 3 is 2.46 bits per heavy atom. The molecular formula is C29H27FN2O3. The number of amides is 1. The maximum Gasteiger partial charge on any atom is 0.410 e. The lowest BCUT2D eigenvalue weighted by molar-refractivity contribution is 0.0538. The molecule has 3 heterocycles. The number of piperidine rings is 1. The predicted octanol–water partition coefficient (Wildman–Crippen LogP) is 6.19. The summed E-state index contributed by atoms with van der Waals surface area (Å²) in [6.07, 6.45) is 6.37. The van der Waals surface area contributed by atoms with E-state index in [-0.39, 0.29) is 24.1 Å². The number of benzene rings is 2. The maximum atomic E-state index is 14.0. The lowest BCUT2D eigenvalue weighted by Crippen LogP contribution is -2.51. The van der Waals surface area contributed by atoms with Crippen LogP contribution in [0.2, 0.25) is 0 Å². The third kappa shape index (κ3) is 3.77. The molecule has 2 bridgehead atoms. The fourth-order valence-corrected chi connectivity index (χ4v) is 6.00. The molecule has 1 amide bonds. The summed E-state index contributed by atoms with van der Waals surface area (Å²) >= 11 is 0. The van der Waals surface area contributed by atoms with Crippen molar-refractivity contribution in [3.05, 3.63) is 89.4 Å². The van der Waals surface area contributed by atoms with Crippen molar-refractivity contribution in [1.29, 1.82) is 0 Å². The monoisotopic (exact) mass is 470 g/mol. The molecule has 178 valence electrons. The van der Waals surface area contributed by atoms with Crippen molar-refractivity contribution >= 4 is 11.7 Å². The van der Waals surface area contributed by atoms with E-state index in [0.717, 1.165) is 31.0 Å². The summed E-state index contributed by atoms with van der Waals surface area (Å²) in [5.74, 6) is 0.0425. The molecule has 6 heteroatoms. The van der Waals surface area contributed by atoms with Crippen LogP contribution in [0.1, 0.15) is 48.3 Å². The van der Waals surface area contributed by atoms with Crippen LogP contribution in [-0.2, 0) is 4.74 Å². The van der Waals surface area contributed by atoms with Gasteiger partial charge in [-0.1, -0.05) is 54.6 Å². The highest BCUT2D eigenvalue weighted by molar-refractivity contribution is 5.79. The van der Waals surface area contributed by atoms with Gasteiger partial charge < -0.3 is 9.47 Å². The Hall–Kier alpha value is -3.67. The molecule has 0 saturated carbocycles. The number of hydrogen-bond acceptors (Lipinski definition) is 4. The number of rotatable bonds is 4. The third-order valence-electron chi connectivity index (χ3n) is 7.54. The Morgan fingerprint density at radius 1 is 1.06 bits per heavy atom. The number of pyridine rings is 1. The molecule has 2 atom stereocenters. The Morgan fingerprint density at radius 2 is 1.77 bits per heavy atom. The van der Waals surface area contributed by atoms with Gasteiger partial charge in [0.05, 0.1) is 19.3 Å². The molecule has 1 aromatic heterocycles. The Labute approximate surface area is 204 Å². The normalized spacial score (nSPS) is 20.6. The van der Waals surface area contributed by atoms with Crippen molar-refractivity contribution in [1.82, 2.24) is 9.88 Å². The SMILES string of the molecule is COc1ncc(F)cc1C1=CC2CCCC(C1)N2C(=O)OCC1c2ccccc2-c2ccccc21. The highest BCUT2D eigenvalue weighted by Crippen LogP contribution is 2.45. The van der Waals surface area contributed by atoms with Gasteiger partial charge in [-0.05, 0) is 59.6 Å². The van der Waals surface area contributed by atoms with Gasteiger partial charge in [0.25, 0.3) is 0 Å². The average Bonchev–Trinajstić information content (AvgIpc) is 3.20. The van der Waals surface area contributed by atoms with Crippen LogP contribution in [0, 0.1) is 5.82 Å². The summed E-state index contributed by atoms with van der Waals surface area (Å²) in [7, 11) is 1.54. The van der Waals surface area contributed by atoms with E-state index in [1.165, 1.54) is 35.4 Å². The fraction of sp³-hybridized carbons (Fsp3) is 0.310. The van der Waals surface area contributed by atoms with E-state index in [9.17, 15) is 9.18 Å². The lowest BCUT2D eigenvalue weighted by Gasteiger charge is -2.44. The molecule has 1 aliphatic carbocycles. The lowest BCUT2D eigenvalue weighted by atomic mass is 9.83. The van der Waals surface area contributed by atoms with Gasteiger partial charge in [-0.2, -0.15) is 0 Å². The van der Waals surface area contributed by atoms with E-state index in [4.69, 9.17) is 9.47 Å². The van der Waals surface area contributed by atoms with Crippen LogP contribution in [0.5, 0.6) is 5.88 Å². The number of carbonyl (C=O) groups is 1. The van der Waals surface area contributed by atoms with E-state index in [1.54, 1.807) is 0 Å². The van der Waals surface area contributed by atoms with Gasteiger partial charge in [-0.3, -0.25) is 4.90 Å². The van der Waals surface area contributed by atoms with Crippen molar-refractivity contribution in [2.75, 3.05) is 13.7 Å². The highest BCUT2D eigenvalue weighted by atomic mass is 19.1. The number of halogens is 1. The Balaban J connectivity index is 1.23. The Bertz CT molecular complexity index is 1280. The van der Waals surface area contributed by atoms with E-state index in [2.05, 4.69) is 35.3 Å². The van der Waals surface area contributed by atoms with Gasteiger partial charge >= 0.3 is 6.09 Å². The van der Waals surface area contributed by atoms with Crippen LogP contribution in [0.4, 0.5) is 9.18 Å². The van der Waals surface area contributed by atoms with Crippen molar-refractivity contribution < 1.29 is 18.7 Å². The molecule has 0 spiro atoms. The number of nitrogens with zero attached hydrogens (tertiary/aromatic N) is 2. The zero-order valence-corrected chi connectivity index (χ0v) is 19.6. The predicted molar refractivity (Wildman–Crippen MR) is 132 cm³/mol. The molecule has 2 unspecified atom stereocenters. The Kier molecular flexibility index (Phi) is 5.51. The summed E-state index contributed by atoms with van der Waals surface area (Å²) in [6, 6.07) is 18.1. The number of carbonyl (C=O) groups excluding carboxylic acids is 1. The summed E-state index contributed by atoms with van der Waals surface area (Å²) in [5, 5.41) is 0. The van der Waals surface area contributed by atoms with Crippen LogP contribution in [-0.4, -0.2) is 41.8 Å². The molecule has 0 N–H and O–H groups in total. The molecule has 6 rings (SSSR count). The third-order valence-corrected chi connectivity index (χ3v) is 7.54. The van der Waals surface area contributed by atoms with Crippen molar-refractivity contribution in [2.45, 2.75) is 43.7 Å². The number of hydrogen-bond donors (Lipinski definition) is 0. The van der Waals surface area contributed by atoms with E-state index < -0.39 is 5.82 Å².